The highest BCUT2D eigenvalue weighted by molar-refractivity contribution is 5.78. The van der Waals surface area contributed by atoms with Gasteiger partial charge in [0.25, 0.3) is 0 Å². The highest BCUT2D eigenvalue weighted by atomic mass is 16.5. The van der Waals surface area contributed by atoms with Crippen molar-refractivity contribution in [1.82, 2.24) is 5.32 Å². The van der Waals surface area contributed by atoms with Crippen LogP contribution in [0, 0.1) is 20.8 Å². The summed E-state index contributed by atoms with van der Waals surface area (Å²) in [5.41, 5.74) is 2.50. The van der Waals surface area contributed by atoms with Crippen LogP contribution >= 0.6 is 0 Å². The first-order chi connectivity index (χ1) is 9.30. The number of benzene rings is 1. The molecule has 4 heteroatoms. The smallest absolute Gasteiger partial charge is 0.323 e. The maximum Gasteiger partial charge on any atom is 0.323 e. The molecule has 0 aliphatic rings. The third-order valence-corrected chi connectivity index (χ3v) is 3.66. The van der Waals surface area contributed by atoms with Gasteiger partial charge in [-0.2, -0.15) is 0 Å². The van der Waals surface area contributed by atoms with Gasteiger partial charge in [0.1, 0.15) is 11.3 Å². The van der Waals surface area contributed by atoms with E-state index in [2.05, 4.69) is 18.3 Å². The highest BCUT2D eigenvalue weighted by Gasteiger charge is 2.31. The number of nitrogens with one attached hydrogen (secondary N) is 1. The van der Waals surface area contributed by atoms with Crippen LogP contribution < -0.4 is 10.1 Å². The summed E-state index contributed by atoms with van der Waals surface area (Å²) in [4.78, 5) is 11.3. The molecule has 0 aliphatic carbocycles. The molecule has 2 N–H and O–H groups in total. The molecule has 1 aromatic carbocycles. The zero-order valence-electron chi connectivity index (χ0n) is 13.0. The topological polar surface area (TPSA) is 58.6 Å². The van der Waals surface area contributed by atoms with Crippen LogP contribution in [0.1, 0.15) is 37.0 Å². The van der Waals surface area contributed by atoms with Gasteiger partial charge in [-0.3, -0.25) is 4.79 Å². The maximum atomic E-state index is 11.3. The van der Waals surface area contributed by atoms with Gasteiger partial charge in [0.15, 0.2) is 0 Å². The number of hydrogen-bond donors (Lipinski definition) is 2. The lowest BCUT2D eigenvalue weighted by Crippen LogP contribution is -2.50. The molecule has 0 saturated heterocycles. The molecule has 1 aromatic rings. The molecule has 0 spiro atoms. The number of hydrogen-bond acceptors (Lipinski definition) is 3. The number of carbonyl (C=O) groups is 1. The van der Waals surface area contributed by atoms with Crippen molar-refractivity contribution in [2.75, 3.05) is 13.2 Å². The van der Waals surface area contributed by atoms with Gasteiger partial charge in [0.05, 0.1) is 6.61 Å². The first-order valence-electron chi connectivity index (χ1n) is 6.99. The first-order valence-corrected chi connectivity index (χ1v) is 6.99. The standard InChI is InChI=1S/C16H25NO3/c1-6-17-16(5,15(18)19)7-8-20-14-10-11(2)9-12(3)13(14)4/h9-10,17H,6-8H2,1-5H3,(H,18,19). The van der Waals surface area contributed by atoms with E-state index in [0.717, 1.165) is 16.9 Å². The lowest BCUT2D eigenvalue weighted by Gasteiger charge is -2.26. The zero-order valence-corrected chi connectivity index (χ0v) is 13.0. The largest absolute Gasteiger partial charge is 0.493 e. The molecule has 1 unspecified atom stereocenters. The fourth-order valence-corrected chi connectivity index (χ4v) is 2.18. The van der Waals surface area contributed by atoms with E-state index in [0.29, 0.717) is 19.6 Å². The predicted octanol–water partition coefficient (Wildman–Crippen LogP) is 2.83. The van der Waals surface area contributed by atoms with E-state index >= 15 is 0 Å². The quantitative estimate of drug-likeness (QED) is 0.806. The number of carboxylic acids is 1. The molecule has 0 aliphatic heterocycles. The molecule has 0 saturated carbocycles. The molecule has 1 atom stereocenters. The van der Waals surface area contributed by atoms with Crippen LogP contribution in [0.5, 0.6) is 5.75 Å². The molecular formula is C16H25NO3. The Morgan fingerprint density at radius 1 is 1.35 bits per heavy atom. The minimum Gasteiger partial charge on any atom is -0.493 e. The second-order valence-corrected chi connectivity index (χ2v) is 5.47. The van der Waals surface area contributed by atoms with Crippen molar-refractivity contribution >= 4 is 5.97 Å². The van der Waals surface area contributed by atoms with Crippen molar-refractivity contribution in [2.24, 2.45) is 0 Å². The summed E-state index contributed by atoms with van der Waals surface area (Å²) in [6.45, 7) is 10.7. The van der Waals surface area contributed by atoms with Crippen LogP contribution in [0.2, 0.25) is 0 Å². The van der Waals surface area contributed by atoms with Crippen molar-refractivity contribution in [3.8, 4) is 5.75 Å². The average Bonchev–Trinajstić information content (AvgIpc) is 2.35. The van der Waals surface area contributed by atoms with E-state index in [1.807, 2.05) is 26.8 Å². The minimum atomic E-state index is -0.943. The highest BCUT2D eigenvalue weighted by Crippen LogP contribution is 2.24. The molecule has 0 bridgehead atoms. The number of likely N-dealkylation sites (N-methyl/N-ethyl adjacent to an activating group) is 1. The van der Waals surface area contributed by atoms with E-state index in [9.17, 15) is 9.90 Å². The van der Waals surface area contributed by atoms with E-state index in [1.165, 1.54) is 5.56 Å². The van der Waals surface area contributed by atoms with Crippen LogP contribution in [0.15, 0.2) is 12.1 Å². The number of aliphatic carboxylic acids is 1. The Balaban J connectivity index is 2.71. The summed E-state index contributed by atoms with van der Waals surface area (Å²) in [5.74, 6) is -0.00756. The lowest BCUT2D eigenvalue weighted by atomic mass is 9.98. The average molecular weight is 279 g/mol. The predicted molar refractivity (Wildman–Crippen MR) is 80.5 cm³/mol. The van der Waals surface area contributed by atoms with E-state index < -0.39 is 11.5 Å². The summed E-state index contributed by atoms with van der Waals surface area (Å²) < 4.78 is 5.79. The van der Waals surface area contributed by atoms with Gasteiger partial charge >= 0.3 is 5.97 Å². The van der Waals surface area contributed by atoms with Crippen molar-refractivity contribution in [3.05, 3.63) is 28.8 Å². The Kier molecular flexibility index (Phi) is 5.57. The fraction of sp³-hybridized carbons (Fsp3) is 0.562. The minimum absolute atomic E-state index is 0.375. The SMILES string of the molecule is CCNC(C)(CCOc1cc(C)cc(C)c1C)C(=O)O. The zero-order chi connectivity index (χ0) is 15.3. The summed E-state index contributed by atoms with van der Waals surface area (Å²) in [6.07, 6.45) is 0.419. The van der Waals surface area contributed by atoms with Gasteiger partial charge in [0, 0.05) is 6.42 Å². The first kappa shape index (κ1) is 16.5. The van der Waals surface area contributed by atoms with Gasteiger partial charge in [-0.15, -0.1) is 0 Å². The Hall–Kier alpha value is -1.55. The van der Waals surface area contributed by atoms with E-state index in [-0.39, 0.29) is 0 Å². The summed E-state index contributed by atoms with van der Waals surface area (Å²) in [7, 11) is 0. The Morgan fingerprint density at radius 2 is 2.00 bits per heavy atom. The Bertz CT molecular complexity index is 485. The second kappa shape index (κ2) is 6.75. The maximum absolute atomic E-state index is 11.3. The molecule has 0 radical (unpaired) electrons. The molecule has 0 amide bonds. The monoisotopic (exact) mass is 279 g/mol. The van der Waals surface area contributed by atoms with E-state index in [4.69, 9.17) is 4.74 Å². The number of rotatable bonds is 7. The molecule has 0 fully saturated rings. The van der Waals surface area contributed by atoms with Crippen LogP contribution in [0.4, 0.5) is 0 Å². The Morgan fingerprint density at radius 3 is 2.55 bits per heavy atom. The number of ether oxygens (including phenoxy) is 1. The summed E-state index contributed by atoms with van der Waals surface area (Å²) >= 11 is 0. The van der Waals surface area contributed by atoms with Crippen LogP contribution in [0.25, 0.3) is 0 Å². The molecule has 1 rings (SSSR count). The lowest BCUT2D eigenvalue weighted by molar-refractivity contribution is -0.144. The van der Waals surface area contributed by atoms with Crippen molar-refractivity contribution < 1.29 is 14.6 Å². The summed E-state index contributed by atoms with van der Waals surface area (Å²) in [6, 6.07) is 4.11. The molecule has 4 nitrogen and oxygen atoms in total. The fourth-order valence-electron chi connectivity index (χ4n) is 2.18. The van der Waals surface area contributed by atoms with Crippen LogP contribution in [-0.4, -0.2) is 29.8 Å². The third-order valence-electron chi connectivity index (χ3n) is 3.66. The van der Waals surface area contributed by atoms with Crippen LogP contribution in [-0.2, 0) is 4.79 Å². The third kappa shape index (κ3) is 3.97. The van der Waals surface area contributed by atoms with Gasteiger partial charge in [-0.25, -0.2) is 0 Å². The van der Waals surface area contributed by atoms with Crippen molar-refractivity contribution in [3.63, 3.8) is 0 Å². The molecule has 0 heterocycles. The summed E-state index contributed by atoms with van der Waals surface area (Å²) in [5, 5.41) is 12.3. The molecular weight excluding hydrogens is 254 g/mol. The van der Waals surface area contributed by atoms with Crippen molar-refractivity contribution in [1.29, 1.82) is 0 Å². The molecule has 0 aromatic heterocycles. The Labute approximate surface area is 121 Å². The second-order valence-electron chi connectivity index (χ2n) is 5.47. The normalized spacial score (nSPS) is 13.8. The van der Waals surface area contributed by atoms with Crippen molar-refractivity contribution in [2.45, 2.75) is 46.6 Å². The molecule has 112 valence electrons. The van der Waals surface area contributed by atoms with Crippen LogP contribution in [0.3, 0.4) is 0 Å². The number of carboxylic acid groups (broad SMARTS) is 1. The van der Waals surface area contributed by atoms with Gasteiger partial charge in [-0.05, 0) is 57.0 Å². The van der Waals surface area contributed by atoms with Gasteiger partial charge in [0.2, 0.25) is 0 Å². The molecule has 20 heavy (non-hydrogen) atoms. The van der Waals surface area contributed by atoms with E-state index in [1.54, 1.807) is 6.92 Å². The number of aryl methyl sites for hydroxylation is 2. The van der Waals surface area contributed by atoms with Gasteiger partial charge < -0.3 is 15.2 Å². The van der Waals surface area contributed by atoms with Gasteiger partial charge in [-0.1, -0.05) is 13.0 Å².